The molecule has 2 aromatic rings. The Bertz CT molecular complexity index is 600. The van der Waals surface area contributed by atoms with Crippen molar-refractivity contribution in [2.45, 2.75) is 19.1 Å². The lowest BCUT2D eigenvalue weighted by Gasteiger charge is -2.05. The number of halogens is 1. The van der Waals surface area contributed by atoms with Gasteiger partial charge in [-0.2, -0.15) is 0 Å². The van der Waals surface area contributed by atoms with Gasteiger partial charge < -0.3 is 9.73 Å². The average molecular weight is 281 g/mol. The molecule has 1 N–H and O–H groups in total. The van der Waals surface area contributed by atoms with Crippen LogP contribution in [0.2, 0.25) is 0 Å². The third-order valence-electron chi connectivity index (χ3n) is 2.29. The van der Waals surface area contributed by atoms with Crippen molar-refractivity contribution < 1.29 is 13.6 Å². The van der Waals surface area contributed by atoms with Crippen LogP contribution >= 0.6 is 11.8 Å². The number of aromatic nitrogens is 2. The van der Waals surface area contributed by atoms with Gasteiger partial charge in [0.05, 0.1) is 5.75 Å². The smallest absolute Gasteiger partial charge is 0.277 e. The highest BCUT2D eigenvalue weighted by atomic mass is 32.2. The van der Waals surface area contributed by atoms with Crippen LogP contribution < -0.4 is 5.32 Å². The van der Waals surface area contributed by atoms with E-state index in [1.165, 1.54) is 6.07 Å². The third kappa shape index (κ3) is 3.78. The van der Waals surface area contributed by atoms with E-state index in [0.717, 1.165) is 11.8 Å². The summed E-state index contributed by atoms with van der Waals surface area (Å²) >= 11 is 1.13. The van der Waals surface area contributed by atoms with Gasteiger partial charge >= 0.3 is 0 Å². The van der Waals surface area contributed by atoms with Crippen LogP contribution in [0.1, 0.15) is 11.5 Å². The molecule has 0 atom stereocenters. The molecule has 1 aromatic carbocycles. The molecule has 0 saturated heterocycles. The van der Waals surface area contributed by atoms with Crippen LogP contribution in [-0.4, -0.2) is 21.9 Å². The zero-order chi connectivity index (χ0) is 13.8. The van der Waals surface area contributed by atoms with E-state index in [1.807, 2.05) is 0 Å². The number of nitrogens with zero attached hydrogens (tertiary/aromatic N) is 2. The molecule has 100 valence electrons. The third-order valence-corrected chi connectivity index (χ3v) is 3.11. The first-order chi connectivity index (χ1) is 9.04. The molecule has 0 aliphatic carbocycles. The highest BCUT2D eigenvalue weighted by Crippen LogP contribution is 2.17. The molecule has 0 saturated carbocycles. The first kappa shape index (κ1) is 13.5. The molecular formula is C12H12FN3O2S. The molecule has 19 heavy (non-hydrogen) atoms. The molecule has 5 nitrogen and oxygen atoms in total. The van der Waals surface area contributed by atoms with Crippen LogP contribution in [-0.2, 0) is 4.79 Å². The van der Waals surface area contributed by atoms with E-state index < -0.39 is 0 Å². The molecule has 7 heteroatoms. The Morgan fingerprint density at radius 2 is 2.21 bits per heavy atom. The fraction of sp³-hybridized carbons (Fsp3) is 0.250. The van der Waals surface area contributed by atoms with Crippen LogP contribution in [0, 0.1) is 19.7 Å². The van der Waals surface area contributed by atoms with Gasteiger partial charge in [0.1, 0.15) is 5.82 Å². The number of thioether (sulfide) groups is 1. The van der Waals surface area contributed by atoms with E-state index in [2.05, 4.69) is 15.5 Å². The van der Waals surface area contributed by atoms with E-state index in [0.29, 0.717) is 22.4 Å². The number of hydrogen-bond donors (Lipinski definition) is 1. The topological polar surface area (TPSA) is 68.0 Å². The zero-order valence-corrected chi connectivity index (χ0v) is 11.3. The molecule has 0 spiro atoms. The van der Waals surface area contributed by atoms with Crippen LogP contribution in [0.15, 0.2) is 27.8 Å². The molecule has 0 radical (unpaired) electrons. The summed E-state index contributed by atoms with van der Waals surface area (Å²) in [4.78, 5) is 11.6. The van der Waals surface area contributed by atoms with Gasteiger partial charge in [-0.15, -0.1) is 10.2 Å². The second kappa shape index (κ2) is 5.83. The minimum atomic E-state index is -0.349. The average Bonchev–Trinajstić information content (AvgIpc) is 2.77. The summed E-state index contributed by atoms with van der Waals surface area (Å²) in [5.74, 6) is -0.0393. The Labute approximate surface area is 113 Å². The van der Waals surface area contributed by atoms with E-state index >= 15 is 0 Å². The Morgan fingerprint density at radius 1 is 1.42 bits per heavy atom. The van der Waals surface area contributed by atoms with Gasteiger partial charge in [0.15, 0.2) is 0 Å². The van der Waals surface area contributed by atoms with Crippen molar-refractivity contribution in [1.29, 1.82) is 0 Å². The Kier molecular flexibility index (Phi) is 4.16. The van der Waals surface area contributed by atoms with Crippen molar-refractivity contribution >= 4 is 23.4 Å². The van der Waals surface area contributed by atoms with Crippen molar-refractivity contribution in [2.75, 3.05) is 11.1 Å². The van der Waals surface area contributed by atoms with Gasteiger partial charge in [0.25, 0.3) is 5.22 Å². The van der Waals surface area contributed by atoms with Gasteiger partial charge in [-0.1, -0.05) is 17.8 Å². The highest BCUT2D eigenvalue weighted by molar-refractivity contribution is 7.99. The maximum atomic E-state index is 13.3. The fourth-order valence-corrected chi connectivity index (χ4v) is 1.94. The van der Waals surface area contributed by atoms with E-state index in [1.54, 1.807) is 26.0 Å². The van der Waals surface area contributed by atoms with Crippen LogP contribution in [0.25, 0.3) is 0 Å². The minimum absolute atomic E-state index is 0.122. The van der Waals surface area contributed by atoms with Crippen molar-refractivity contribution in [2.24, 2.45) is 0 Å². The van der Waals surface area contributed by atoms with Crippen LogP contribution in [0.3, 0.4) is 0 Å². The van der Waals surface area contributed by atoms with Gasteiger partial charge in [0.2, 0.25) is 11.8 Å². The Hall–Kier alpha value is -1.89. The zero-order valence-electron chi connectivity index (χ0n) is 10.4. The molecule has 2 rings (SSSR count). The van der Waals surface area contributed by atoms with Crippen molar-refractivity contribution in [3.63, 3.8) is 0 Å². The number of amides is 1. The molecule has 1 heterocycles. The summed E-state index contributed by atoms with van der Waals surface area (Å²) < 4.78 is 18.4. The van der Waals surface area contributed by atoms with Gasteiger partial charge in [-0.3, -0.25) is 4.79 Å². The maximum Gasteiger partial charge on any atom is 0.277 e. The number of aryl methyl sites for hydroxylation is 2. The van der Waals surface area contributed by atoms with E-state index in [9.17, 15) is 9.18 Å². The molecule has 1 amide bonds. The molecule has 0 unspecified atom stereocenters. The summed E-state index contributed by atoms with van der Waals surface area (Å²) in [6, 6.07) is 4.55. The summed E-state index contributed by atoms with van der Waals surface area (Å²) in [5, 5.41) is 10.3. The first-order valence-electron chi connectivity index (χ1n) is 5.53. The number of carbonyl (C=O) groups excluding carboxylic acids is 1. The number of hydrogen-bond acceptors (Lipinski definition) is 5. The normalized spacial score (nSPS) is 10.5. The number of rotatable bonds is 4. The number of anilines is 1. The highest BCUT2D eigenvalue weighted by Gasteiger charge is 2.08. The van der Waals surface area contributed by atoms with Gasteiger partial charge in [-0.05, 0) is 24.6 Å². The van der Waals surface area contributed by atoms with Crippen LogP contribution in [0.4, 0.5) is 10.1 Å². The molecule has 0 fully saturated rings. The molecule has 0 bridgehead atoms. The number of nitrogens with one attached hydrogen (secondary N) is 1. The molecule has 0 aliphatic heterocycles. The van der Waals surface area contributed by atoms with Crippen LogP contribution in [0.5, 0.6) is 0 Å². The number of benzene rings is 1. The predicted octanol–water partition coefficient (Wildman–Crippen LogP) is 2.56. The quantitative estimate of drug-likeness (QED) is 0.872. The SMILES string of the molecule is Cc1nnc(SCC(=O)Nc2ccc(C)c(F)c2)o1. The lowest BCUT2D eigenvalue weighted by molar-refractivity contribution is -0.113. The molecule has 0 aliphatic rings. The fourth-order valence-electron chi connectivity index (χ4n) is 1.33. The predicted molar refractivity (Wildman–Crippen MR) is 69.5 cm³/mol. The monoisotopic (exact) mass is 281 g/mol. The van der Waals surface area contributed by atoms with Crippen molar-refractivity contribution in [3.8, 4) is 0 Å². The summed E-state index contributed by atoms with van der Waals surface area (Å²) in [5.41, 5.74) is 0.962. The second-order valence-electron chi connectivity index (χ2n) is 3.89. The van der Waals surface area contributed by atoms with E-state index in [4.69, 9.17) is 4.42 Å². The summed E-state index contributed by atoms with van der Waals surface area (Å²) in [6.45, 7) is 3.33. The van der Waals surface area contributed by atoms with Crippen molar-refractivity contribution in [1.82, 2.24) is 10.2 Å². The molecule has 1 aromatic heterocycles. The summed E-state index contributed by atoms with van der Waals surface area (Å²) in [6.07, 6.45) is 0. The minimum Gasteiger partial charge on any atom is -0.416 e. The standard InChI is InChI=1S/C12H12FN3O2S/c1-7-3-4-9(5-10(7)13)14-11(17)6-19-12-16-15-8(2)18-12/h3-5H,6H2,1-2H3,(H,14,17). The number of carbonyl (C=O) groups is 1. The lowest BCUT2D eigenvalue weighted by atomic mass is 10.2. The van der Waals surface area contributed by atoms with E-state index in [-0.39, 0.29) is 17.5 Å². The second-order valence-corrected chi connectivity index (χ2v) is 4.81. The first-order valence-corrected chi connectivity index (χ1v) is 6.52. The largest absolute Gasteiger partial charge is 0.416 e. The van der Waals surface area contributed by atoms with Gasteiger partial charge in [0, 0.05) is 12.6 Å². The lowest BCUT2D eigenvalue weighted by Crippen LogP contribution is -2.14. The maximum absolute atomic E-state index is 13.3. The Morgan fingerprint density at radius 3 is 2.84 bits per heavy atom. The summed E-state index contributed by atoms with van der Waals surface area (Å²) in [7, 11) is 0. The Balaban J connectivity index is 1.88. The van der Waals surface area contributed by atoms with Crippen molar-refractivity contribution in [3.05, 3.63) is 35.5 Å². The van der Waals surface area contributed by atoms with Gasteiger partial charge in [-0.25, -0.2) is 4.39 Å². The molecular weight excluding hydrogens is 269 g/mol.